The van der Waals surface area contributed by atoms with Gasteiger partial charge in [-0.15, -0.1) is 11.3 Å². The molecule has 3 amide bonds. The number of carbonyl (C=O) groups excluding carboxylic acids is 2. The third kappa shape index (κ3) is 4.27. The number of nitrogens with zero attached hydrogens (tertiary/aromatic N) is 4. The Labute approximate surface area is 169 Å². The maximum absolute atomic E-state index is 12.4. The van der Waals surface area contributed by atoms with Crippen LogP contribution in [0.2, 0.25) is 0 Å². The molecule has 148 valence electrons. The van der Waals surface area contributed by atoms with Gasteiger partial charge in [0.05, 0.1) is 0 Å². The molecule has 2 aromatic heterocycles. The Hall–Kier alpha value is -2.61. The minimum absolute atomic E-state index is 0.0825. The van der Waals surface area contributed by atoms with Gasteiger partial charge in [-0.2, -0.15) is 0 Å². The average Bonchev–Trinajstić information content (AvgIpc) is 3.22. The zero-order valence-corrected chi connectivity index (χ0v) is 16.7. The number of fused-ring (bicyclic) bond motifs is 1. The lowest BCUT2D eigenvalue weighted by molar-refractivity contribution is -0.131. The zero-order valence-electron chi connectivity index (χ0n) is 15.8. The molecular weight excluding hydrogens is 374 g/mol. The van der Waals surface area contributed by atoms with E-state index < -0.39 is 0 Å². The van der Waals surface area contributed by atoms with Crippen LogP contribution in [-0.4, -0.2) is 66.0 Å². The lowest BCUT2D eigenvalue weighted by Crippen LogP contribution is -2.52. The molecule has 2 aliphatic rings. The van der Waals surface area contributed by atoms with Gasteiger partial charge in [-0.3, -0.25) is 9.78 Å². The number of anilines is 1. The van der Waals surface area contributed by atoms with Gasteiger partial charge in [0.1, 0.15) is 0 Å². The SMILES string of the molecule is O=C(CCNC(=O)N1CCN(c2ccncc2)CC1)N1CCc2sccc2C1. The minimum atomic E-state index is -0.0825. The summed E-state index contributed by atoms with van der Waals surface area (Å²) < 4.78 is 0. The molecule has 0 spiro atoms. The number of thiophene rings is 1. The topological polar surface area (TPSA) is 68.8 Å². The first-order valence-corrected chi connectivity index (χ1v) is 10.6. The van der Waals surface area contributed by atoms with Gasteiger partial charge in [-0.25, -0.2) is 4.79 Å². The highest BCUT2D eigenvalue weighted by atomic mass is 32.1. The van der Waals surface area contributed by atoms with E-state index in [0.29, 0.717) is 32.6 Å². The molecule has 2 aliphatic heterocycles. The van der Waals surface area contributed by atoms with E-state index in [1.54, 1.807) is 23.7 Å². The standard InChI is InChI=1S/C20H25N5O2S/c26-19(25-9-4-18-16(15-25)5-14-28-18)3-8-22-20(27)24-12-10-23(11-13-24)17-1-6-21-7-2-17/h1-2,5-7,14H,3-4,8-13,15H2,(H,22,27). The molecule has 0 radical (unpaired) electrons. The number of urea groups is 1. The highest BCUT2D eigenvalue weighted by Gasteiger charge is 2.23. The highest BCUT2D eigenvalue weighted by molar-refractivity contribution is 7.10. The third-order valence-corrected chi connectivity index (χ3v) is 6.39. The van der Waals surface area contributed by atoms with Crippen molar-refractivity contribution < 1.29 is 9.59 Å². The van der Waals surface area contributed by atoms with E-state index in [1.165, 1.54) is 10.4 Å². The summed E-state index contributed by atoms with van der Waals surface area (Å²) in [4.78, 5) is 36.2. The summed E-state index contributed by atoms with van der Waals surface area (Å²) in [6.07, 6.45) is 4.86. The van der Waals surface area contributed by atoms with E-state index in [1.807, 2.05) is 21.9 Å². The molecule has 0 saturated carbocycles. The molecule has 1 N–H and O–H groups in total. The minimum Gasteiger partial charge on any atom is -0.368 e. The van der Waals surface area contributed by atoms with Gasteiger partial charge in [0.25, 0.3) is 0 Å². The van der Waals surface area contributed by atoms with Crippen molar-refractivity contribution in [1.29, 1.82) is 0 Å². The van der Waals surface area contributed by atoms with E-state index in [2.05, 4.69) is 26.6 Å². The fraction of sp³-hybridized carbons (Fsp3) is 0.450. The molecule has 2 aromatic rings. The fourth-order valence-electron chi connectivity index (χ4n) is 3.73. The summed E-state index contributed by atoms with van der Waals surface area (Å²) in [6, 6.07) is 6.00. The van der Waals surface area contributed by atoms with Crippen molar-refractivity contribution in [1.82, 2.24) is 20.1 Å². The number of pyridine rings is 1. The molecule has 8 heteroatoms. The van der Waals surface area contributed by atoms with Crippen molar-refractivity contribution in [2.24, 2.45) is 0 Å². The number of hydrogen-bond acceptors (Lipinski definition) is 5. The number of rotatable bonds is 4. The van der Waals surface area contributed by atoms with Crippen molar-refractivity contribution in [2.75, 3.05) is 44.2 Å². The van der Waals surface area contributed by atoms with E-state index in [-0.39, 0.29) is 11.9 Å². The van der Waals surface area contributed by atoms with Crippen molar-refractivity contribution >= 4 is 29.0 Å². The normalized spacial score (nSPS) is 16.6. The second kappa shape index (κ2) is 8.60. The second-order valence-corrected chi connectivity index (χ2v) is 8.10. The van der Waals surface area contributed by atoms with E-state index in [4.69, 9.17) is 0 Å². The Kier molecular flexibility index (Phi) is 5.76. The predicted octanol–water partition coefficient (Wildman–Crippen LogP) is 1.95. The van der Waals surface area contributed by atoms with Gasteiger partial charge in [-0.1, -0.05) is 0 Å². The van der Waals surface area contributed by atoms with Gasteiger partial charge in [0.15, 0.2) is 0 Å². The fourth-order valence-corrected chi connectivity index (χ4v) is 4.62. The van der Waals surface area contributed by atoms with Gasteiger partial charge in [-0.05, 0) is 35.6 Å². The number of hydrogen-bond donors (Lipinski definition) is 1. The molecule has 0 aliphatic carbocycles. The molecule has 0 aromatic carbocycles. The first-order chi connectivity index (χ1) is 13.7. The summed E-state index contributed by atoms with van der Waals surface area (Å²) >= 11 is 1.77. The Balaban J connectivity index is 1.18. The molecule has 0 unspecified atom stereocenters. The summed E-state index contributed by atoms with van der Waals surface area (Å²) in [6.45, 7) is 4.81. The number of nitrogens with one attached hydrogen (secondary N) is 1. The summed E-state index contributed by atoms with van der Waals surface area (Å²) in [5.74, 6) is 0.111. The van der Waals surface area contributed by atoms with Crippen LogP contribution in [0.3, 0.4) is 0 Å². The summed E-state index contributed by atoms with van der Waals surface area (Å²) in [5, 5.41) is 4.99. The smallest absolute Gasteiger partial charge is 0.317 e. The third-order valence-electron chi connectivity index (χ3n) is 5.37. The van der Waals surface area contributed by atoms with E-state index >= 15 is 0 Å². The molecule has 0 atom stereocenters. The van der Waals surface area contributed by atoms with Gasteiger partial charge < -0.3 is 20.0 Å². The molecule has 0 bridgehead atoms. The second-order valence-electron chi connectivity index (χ2n) is 7.10. The van der Waals surface area contributed by atoms with Crippen molar-refractivity contribution in [2.45, 2.75) is 19.4 Å². The van der Waals surface area contributed by atoms with Crippen LogP contribution in [0, 0.1) is 0 Å². The Morgan fingerprint density at radius 3 is 2.61 bits per heavy atom. The predicted molar refractivity (Wildman–Crippen MR) is 109 cm³/mol. The Morgan fingerprint density at radius 1 is 1.04 bits per heavy atom. The summed E-state index contributed by atoms with van der Waals surface area (Å²) in [5.41, 5.74) is 2.40. The largest absolute Gasteiger partial charge is 0.368 e. The van der Waals surface area contributed by atoms with E-state index in [0.717, 1.165) is 31.7 Å². The monoisotopic (exact) mass is 399 g/mol. The first-order valence-electron chi connectivity index (χ1n) is 9.71. The molecule has 28 heavy (non-hydrogen) atoms. The van der Waals surface area contributed by atoms with Crippen LogP contribution in [0.15, 0.2) is 36.0 Å². The van der Waals surface area contributed by atoms with Gasteiger partial charge in [0, 0.05) is 75.2 Å². The van der Waals surface area contributed by atoms with Crippen LogP contribution in [0.25, 0.3) is 0 Å². The maximum atomic E-state index is 12.4. The van der Waals surface area contributed by atoms with Crippen LogP contribution in [0.4, 0.5) is 10.5 Å². The van der Waals surface area contributed by atoms with Crippen molar-refractivity contribution in [3.05, 3.63) is 46.4 Å². The van der Waals surface area contributed by atoms with Gasteiger partial charge in [0.2, 0.25) is 5.91 Å². The summed E-state index contributed by atoms with van der Waals surface area (Å²) in [7, 11) is 0. The maximum Gasteiger partial charge on any atom is 0.317 e. The van der Waals surface area contributed by atoms with E-state index in [9.17, 15) is 9.59 Å². The van der Waals surface area contributed by atoms with Crippen LogP contribution in [-0.2, 0) is 17.8 Å². The molecule has 1 saturated heterocycles. The first kappa shape index (κ1) is 18.7. The average molecular weight is 400 g/mol. The Bertz CT molecular complexity index is 817. The van der Waals surface area contributed by atoms with Crippen LogP contribution in [0.1, 0.15) is 16.9 Å². The Morgan fingerprint density at radius 2 is 1.82 bits per heavy atom. The highest BCUT2D eigenvalue weighted by Crippen LogP contribution is 2.24. The number of piperazine rings is 1. The zero-order chi connectivity index (χ0) is 19.3. The number of aromatic nitrogens is 1. The lowest BCUT2D eigenvalue weighted by atomic mass is 10.1. The molecular formula is C20H25N5O2S. The number of amides is 3. The molecule has 4 rings (SSSR count). The van der Waals surface area contributed by atoms with Gasteiger partial charge >= 0.3 is 6.03 Å². The molecule has 7 nitrogen and oxygen atoms in total. The van der Waals surface area contributed by atoms with Crippen LogP contribution in [0.5, 0.6) is 0 Å². The number of carbonyl (C=O) groups is 2. The quantitative estimate of drug-likeness (QED) is 0.853. The lowest BCUT2D eigenvalue weighted by Gasteiger charge is -2.36. The van der Waals surface area contributed by atoms with Crippen LogP contribution < -0.4 is 10.2 Å². The van der Waals surface area contributed by atoms with Crippen LogP contribution >= 0.6 is 11.3 Å². The molecule has 1 fully saturated rings. The van der Waals surface area contributed by atoms with Crippen molar-refractivity contribution in [3.63, 3.8) is 0 Å². The van der Waals surface area contributed by atoms with Crippen molar-refractivity contribution in [3.8, 4) is 0 Å². The molecule has 4 heterocycles.